The van der Waals surface area contributed by atoms with E-state index in [1.807, 2.05) is 6.92 Å². The van der Waals surface area contributed by atoms with E-state index in [1.165, 1.54) is 47.4 Å². The van der Waals surface area contributed by atoms with Gasteiger partial charge < -0.3 is 10.2 Å². The summed E-state index contributed by atoms with van der Waals surface area (Å²) >= 11 is 0. The second kappa shape index (κ2) is 10.1. The highest BCUT2D eigenvalue weighted by atomic mass is 32.2. The lowest BCUT2D eigenvalue weighted by atomic mass is 10.1. The Bertz CT molecular complexity index is 1150. The highest BCUT2D eigenvalue weighted by Gasteiger charge is 2.41. The summed E-state index contributed by atoms with van der Waals surface area (Å²) in [6.45, 7) is 3.59. The Hall–Kier alpha value is -3.27. The number of amides is 3. The number of hydrogen-bond donors (Lipinski definition) is 1. The molecule has 0 radical (unpaired) electrons. The first kappa shape index (κ1) is 24.4. The summed E-state index contributed by atoms with van der Waals surface area (Å²) in [5, 5.41) is 2.74. The van der Waals surface area contributed by atoms with Crippen LogP contribution in [0.25, 0.3) is 0 Å². The SMILES string of the molecule is CCCNC(=O)C(C)N(Cc1ccc(F)cc1)C(=O)CCN1C(=O)c2ccccc2S1(=O)=O. The van der Waals surface area contributed by atoms with Gasteiger partial charge in [-0.2, -0.15) is 0 Å². The molecule has 2 aromatic rings. The van der Waals surface area contributed by atoms with Crippen LogP contribution in [0.2, 0.25) is 0 Å². The van der Waals surface area contributed by atoms with Crippen LogP contribution in [0.15, 0.2) is 53.4 Å². The maximum absolute atomic E-state index is 13.3. The Labute approximate surface area is 192 Å². The summed E-state index contributed by atoms with van der Waals surface area (Å²) < 4.78 is 39.5. The first-order valence-corrected chi connectivity index (χ1v) is 12.1. The minimum absolute atomic E-state index is 0.0285. The summed E-state index contributed by atoms with van der Waals surface area (Å²) in [4.78, 5) is 39.5. The molecule has 0 aromatic heterocycles. The first-order valence-electron chi connectivity index (χ1n) is 10.6. The zero-order valence-electron chi connectivity index (χ0n) is 18.5. The van der Waals surface area contributed by atoms with Gasteiger partial charge in [0, 0.05) is 26.1 Å². The summed E-state index contributed by atoms with van der Waals surface area (Å²) in [5.74, 6) is -1.97. The van der Waals surface area contributed by atoms with Gasteiger partial charge in [0.05, 0.1) is 5.56 Å². The van der Waals surface area contributed by atoms with Gasteiger partial charge in [0.1, 0.15) is 16.8 Å². The molecule has 0 saturated carbocycles. The maximum atomic E-state index is 13.3. The second-order valence-corrected chi connectivity index (χ2v) is 9.57. The number of sulfonamides is 1. The van der Waals surface area contributed by atoms with Gasteiger partial charge in [-0.15, -0.1) is 0 Å². The van der Waals surface area contributed by atoms with E-state index in [0.717, 1.165) is 6.42 Å². The predicted molar refractivity (Wildman–Crippen MR) is 119 cm³/mol. The van der Waals surface area contributed by atoms with Crippen LogP contribution >= 0.6 is 0 Å². The summed E-state index contributed by atoms with van der Waals surface area (Å²) in [5.41, 5.74) is 0.678. The molecule has 0 aliphatic carbocycles. The normalized spacial score (nSPS) is 15.1. The molecule has 1 aliphatic rings. The third-order valence-corrected chi connectivity index (χ3v) is 7.26. The van der Waals surface area contributed by atoms with Crippen LogP contribution in [-0.2, 0) is 26.2 Å². The average Bonchev–Trinajstić information content (AvgIpc) is 3.00. The fourth-order valence-corrected chi connectivity index (χ4v) is 5.13. The molecule has 1 heterocycles. The van der Waals surface area contributed by atoms with Crippen LogP contribution in [-0.4, -0.2) is 54.5 Å². The number of carbonyl (C=O) groups is 3. The number of halogens is 1. The number of nitrogens with zero attached hydrogens (tertiary/aromatic N) is 2. The second-order valence-electron chi connectivity index (χ2n) is 7.74. The lowest BCUT2D eigenvalue weighted by Gasteiger charge is -2.29. The van der Waals surface area contributed by atoms with Crippen LogP contribution in [0.3, 0.4) is 0 Å². The van der Waals surface area contributed by atoms with Crippen LogP contribution < -0.4 is 5.32 Å². The van der Waals surface area contributed by atoms with Crippen molar-refractivity contribution in [2.75, 3.05) is 13.1 Å². The van der Waals surface area contributed by atoms with Gasteiger partial charge in [0.25, 0.3) is 15.9 Å². The molecule has 1 aliphatic heterocycles. The lowest BCUT2D eigenvalue weighted by Crippen LogP contribution is -2.48. The zero-order chi connectivity index (χ0) is 24.2. The maximum Gasteiger partial charge on any atom is 0.269 e. The quantitative estimate of drug-likeness (QED) is 0.599. The molecule has 0 bridgehead atoms. The van der Waals surface area contributed by atoms with Crippen molar-refractivity contribution in [2.45, 2.75) is 44.2 Å². The van der Waals surface area contributed by atoms with Crippen molar-refractivity contribution in [1.82, 2.24) is 14.5 Å². The smallest absolute Gasteiger partial charge is 0.269 e. The van der Waals surface area contributed by atoms with E-state index in [9.17, 15) is 27.2 Å². The minimum Gasteiger partial charge on any atom is -0.354 e. The highest BCUT2D eigenvalue weighted by Crippen LogP contribution is 2.30. The highest BCUT2D eigenvalue weighted by molar-refractivity contribution is 7.90. The number of nitrogens with one attached hydrogen (secondary N) is 1. The predicted octanol–water partition coefficient (Wildman–Crippen LogP) is 2.30. The number of rotatable bonds is 9. The molecule has 176 valence electrons. The molecule has 1 atom stereocenters. The van der Waals surface area contributed by atoms with Crippen molar-refractivity contribution < 1.29 is 27.2 Å². The Morgan fingerprint density at radius 3 is 2.42 bits per heavy atom. The topological polar surface area (TPSA) is 104 Å². The van der Waals surface area contributed by atoms with Crippen LogP contribution in [0.4, 0.5) is 4.39 Å². The Kier molecular flexibility index (Phi) is 7.47. The summed E-state index contributed by atoms with van der Waals surface area (Å²) in [6, 6.07) is 10.6. The van der Waals surface area contributed by atoms with Crippen molar-refractivity contribution in [1.29, 1.82) is 0 Å². The van der Waals surface area contributed by atoms with Crippen molar-refractivity contribution in [3.8, 4) is 0 Å². The van der Waals surface area contributed by atoms with E-state index in [2.05, 4.69) is 5.32 Å². The summed E-state index contributed by atoms with van der Waals surface area (Å²) in [7, 11) is -4.04. The molecule has 33 heavy (non-hydrogen) atoms. The van der Waals surface area contributed by atoms with E-state index in [0.29, 0.717) is 16.4 Å². The molecular formula is C23H26FN3O5S. The van der Waals surface area contributed by atoms with Crippen molar-refractivity contribution in [3.05, 3.63) is 65.5 Å². The van der Waals surface area contributed by atoms with Crippen LogP contribution in [0, 0.1) is 5.82 Å². The first-order chi connectivity index (χ1) is 15.7. The third kappa shape index (κ3) is 5.22. The molecule has 10 heteroatoms. The lowest BCUT2D eigenvalue weighted by molar-refractivity contribution is -0.140. The van der Waals surface area contributed by atoms with E-state index in [1.54, 1.807) is 13.0 Å². The van der Waals surface area contributed by atoms with E-state index in [4.69, 9.17) is 0 Å². The zero-order valence-corrected chi connectivity index (χ0v) is 19.3. The van der Waals surface area contributed by atoms with E-state index >= 15 is 0 Å². The molecule has 0 saturated heterocycles. The number of benzene rings is 2. The van der Waals surface area contributed by atoms with Crippen LogP contribution in [0.1, 0.15) is 42.6 Å². The standard InChI is InChI=1S/C23H26FN3O5S/c1-3-13-25-22(29)16(2)26(15-17-8-10-18(24)11-9-17)21(28)12-14-27-23(30)19-6-4-5-7-20(19)33(27,31)32/h4-11,16H,3,12-15H2,1-2H3,(H,25,29). The van der Waals surface area contributed by atoms with Gasteiger partial charge in [-0.1, -0.05) is 31.2 Å². The molecule has 3 amide bonds. The summed E-state index contributed by atoms with van der Waals surface area (Å²) in [6.07, 6.45) is 0.422. The van der Waals surface area contributed by atoms with Gasteiger partial charge in [0.15, 0.2) is 0 Å². The van der Waals surface area contributed by atoms with Gasteiger partial charge in [-0.05, 0) is 43.2 Å². The Morgan fingerprint density at radius 2 is 1.79 bits per heavy atom. The third-order valence-electron chi connectivity index (χ3n) is 5.42. The van der Waals surface area contributed by atoms with Gasteiger partial charge in [-0.3, -0.25) is 14.4 Å². The monoisotopic (exact) mass is 475 g/mol. The van der Waals surface area contributed by atoms with E-state index < -0.39 is 33.7 Å². The molecule has 3 rings (SSSR count). The number of hydrogen-bond acceptors (Lipinski definition) is 5. The fraction of sp³-hybridized carbons (Fsp3) is 0.348. The minimum atomic E-state index is -4.04. The van der Waals surface area contributed by atoms with Gasteiger partial charge in [-0.25, -0.2) is 17.1 Å². The van der Waals surface area contributed by atoms with Crippen molar-refractivity contribution in [3.63, 3.8) is 0 Å². The molecule has 1 N–H and O–H groups in total. The molecule has 0 spiro atoms. The molecule has 2 aromatic carbocycles. The molecule has 1 unspecified atom stereocenters. The fourth-order valence-electron chi connectivity index (χ4n) is 3.56. The van der Waals surface area contributed by atoms with Crippen LogP contribution in [0.5, 0.6) is 0 Å². The van der Waals surface area contributed by atoms with Crippen molar-refractivity contribution >= 4 is 27.7 Å². The van der Waals surface area contributed by atoms with Gasteiger partial charge in [0.2, 0.25) is 11.8 Å². The Balaban J connectivity index is 1.77. The average molecular weight is 476 g/mol. The molecule has 0 fully saturated rings. The van der Waals surface area contributed by atoms with E-state index in [-0.39, 0.29) is 35.9 Å². The van der Waals surface area contributed by atoms with Gasteiger partial charge >= 0.3 is 0 Å². The Morgan fingerprint density at radius 1 is 1.12 bits per heavy atom. The number of carbonyl (C=O) groups excluding carboxylic acids is 3. The van der Waals surface area contributed by atoms with Crippen molar-refractivity contribution in [2.24, 2.45) is 0 Å². The largest absolute Gasteiger partial charge is 0.354 e. The number of fused-ring (bicyclic) bond motifs is 1. The molecule has 8 nitrogen and oxygen atoms in total. The molecular weight excluding hydrogens is 449 g/mol.